The fraction of sp³-hybridized carbons (Fsp3) is 0.320. The smallest absolute Gasteiger partial charge is 0.337 e. The number of carbonyl (C=O) groups is 2. The number of halogens is 2. The number of hydrogen-bond donors (Lipinski definition) is 5. The predicted octanol–water partition coefficient (Wildman–Crippen LogP) is 3.46. The molecule has 0 spiro atoms. The second kappa shape index (κ2) is 13.8. The van der Waals surface area contributed by atoms with Crippen molar-refractivity contribution < 1.29 is 28.9 Å². The van der Waals surface area contributed by atoms with E-state index >= 15 is 0 Å². The molecule has 0 bridgehead atoms. The maximum absolute atomic E-state index is 12.4. The number of rotatable bonds is 11. The molecule has 1 heterocycles. The summed E-state index contributed by atoms with van der Waals surface area (Å²) in [5.41, 5.74) is 5.87. The van der Waals surface area contributed by atoms with Crippen LogP contribution in [0.3, 0.4) is 0 Å². The summed E-state index contributed by atoms with van der Waals surface area (Å²) in [5.74, 6) is 0.215. The highest BCUT2D eigenvalue weighted by Crippen LogP contribution is 2.35. The first kappa shape index (κ1) is 29.8. The van der Waals surface area contributed by atoms with E-state index in [9.17, 15) is 14.7 Å². The number of aliphatic hydroxyl groups is 1. The number of methoxy groups -OCH3 is 1. The number of allylic oxidation sites excluding steroid dienone is 1. The van der Waals surface area contributed by atoms with Gasteiger partial charge in [0.25, 0.3) is 0 Å². The van der Waals surface area contributed by atoms with Crippen LogP contribution in [0.1, 0.15) is 31.0 Å². The third-order valence-electron chi connectivity index (χ3n) is 5.42. The van der Waals surface area contributed by atoms with Gasteiger partial charge in [0.15, 0.2) is 17.7 Å². The van der Waals surface area contributed by atoms with Gasteiger partial charge in [-0.2, -0.15) is 5.10 Å². The predicted molar refractivity (Wildman–Crippen MR) is 160 cm³/mol. The normalized spacial score (nSPS) is 16.0. The molecule has 2 aromatic rings. The highest BCUT2D eigenvalue weighted by atomic mass is 127. The van der Waals surface area contributed by atoms with E-state index < -0.39 is 24.3 Å². The Balaban J connectivity index is 1.70. The van der Waals surface area contributed by atoms with Crippen LogP contribution in [0.2, 0.25) is 0 Å². The van der Waals surface area contributed by atoms with Crippen molar-refractivity contribution in [3.05, 3.63) is 59.9 Å². The molecule has 0 fully saturated rings. The molecular formula is C25H29I2N5O6. The Labute approximate surface area is 248 Å². The lowest BCUT2D eigenvalue weighted by Gasteiger charge is -2.28. The number of anilines is 1. The molecule has 2 aromatic carbocycles. The number of aliphatic hydroxyl groups excluding tert-OH is 1. The minimum absolute atomic E-state index is 0.110. The average molecular weight is 749 g/mol. The van der Waals surface area contributed by atoms with Crippen LogP contribution in [0, 0.1) is 7.14 Å². The van der Waals surface area contributed by atoms with Crippen LogP contribution in [0.4, 0.5) is 10.5 Å². The molecule has 2 atom stereocenters. The van der Waals surface area contributed by atoms with Crippen LogP contribution in [0.5, 0.6) is 11.5 Å². The van der Waals surface area contributed by atoms with Gasteiger partial charge in [-0.25, -0.2) is 9.59 Å². The van der Waals surface area contributed by atoms with Crippen LogP contribution in [0.15, 0.2) is 46.7 Å². The summed E-state index contributed by atoms with van der Waals surface area (Å²) >= 11 is 4.50. The first-order chi connectivity index (χ1) is 18.2. The van der Waals surface area contributed by atoms with E-state index in [1.54, 1.807) is 31.3 Å². The Bertz CT molecular complexity index is 1230. The molecule has 5 N–H and O–H groups in total. The fourth-order valence-electron chi connectivity index (χ4n) is 3.73. The van der Waals surface area contributed by atoms with E-state index in [1.807, 2.05) is 26.1 Å². The second-order valence-electron chi connectivity index (χ2n) is 8.02. The number of carbonyl (C=O) groups excluding carboxylic acids is 2. The number of benzene rings is 2. The van der Waals surface area contributed by atoms with Gasteiger partial charge in [-0.15, -0.1) is 0 Å². The summed E-state index contributed by atoms with van der Waals surface area (Å²) in [4.78, 5) is 24.5. The highest BCUT2D eigenvalue weighted by molar-refractivity contribution is 14.1. The third-order valence-corrected chi connectivity index (χ3v) is 7.13. The molecule has 0 saturated heterocycles. The largest absolute Gasteiger partial charge is 0.490 e. The first-order valence-electron chi connectivity index (χ1n) is 11.6. The molecule has 2 amide bonds. The Morgan fingerprint density at radius 1 is 1.21 bits per heavy atom. The maximum Gasteiger partial charge on any atom is 0.337 e. The number of amides is 2. The fourth-order valence-corrected chi connectivity index (χ4v) is 6.08. The first-order valence-corrected chi connectivity index (χ1v) is 13.7. The van der Waals surface area contributed by atoms with E-state index in [0.717, 1.165) is 18.4 Å². The zero-order valence-electron chi connectivity index (χ0n) is 21.2. The summed E-state index contributed by atoms with van der Waals surface area (Å²) in [6.45, 7) is 3.70. The van der Waals surface area contributed by atoms with Crippen molar-refractivity contribution >= 4 is 69.1 Å². The summed E-state index contributed by atoms with van der Waals surface area (Å²) in [7, 11) is 3.15. The van der Waals surface area contributed by atoms with Crippen molar-refractivity contribution in [3.63, 3.8) is 0 Å². The Morgan fingerprint density at radius 3 is 2.55 bits per heavy atom. The number of esters is 1. The van der Waals surface area contributed by atoms with Gasteiger partial charge in [0.1, 0.15) is 6.61 Å². The molecule has 0 aromatic heterocycles. The van der Waals surface area contributed by atoms with Crippen LogP contribution in [-0.2, 0) is 9.53 Å². The molecule has 11 nitrogen and oxygen atoms in total. The van der Waals surface area contributed by atoms with Crippen LogP contribution in [0.25, 0.3) is 0 Å². The Morgan fingerprint density at radius 2 is 1.92 bits per heavy atom. The minimum Gasteiger partial charge on any atom is -0.490 e. The summed E-state index contributed by atoms with van der Waals surface area (Å²) < 4.78 is 18.5. The van der Waals surface area contributed by atoms with Crippen molar-refractivity contribution in [2.24, 2.45) is 5.10 Å². The molecular weight excluding hydrogens is 720 g/mol. The molecule has 0 radical (unpaired) electrons. The number of ether oxygens (including phenoxy) is 3. The number of urea groups is 1. The van der Waals surface area contributed by atoms with Crippen LogP contribution < -0.4 is 30.8 Å². The standard InChI is InChI=1S/C25H29I2N5O6/c1-5-37-19-10-15(22-21(24(34)36-4)13(2)30-25(35)31-22)6-7-18(19)38-12-20(33)32-29-11-14-8-16(26)23(28-3)17(27)9-14/h6-11,20,22,28,32-33H,5,12H2,1-4H3,(H2,30,31,35)/b29-11-/t20-,22+/m0/s1. The Kier molecular flexibility index (Phi) is 10.8. The quantitative estimate of drug-likeness (QED) is 0.0774. The monoisotopic (exact) mass is 749 g/mol. The molecule has 204 valence electrons. The highest BCUT2D eigenvalue weighted by Gasteiger charge is 2.32. The van der Waals surface area contributed by atoms with Crippen molar-refractivity contribution in [3.8, 4) is 11.5 Å². The minimum atomic E-state index is -1.09. The van der Waals surface area contributed by atoms with Gasteiger partial charge < -0.3 is 35.3 Å². The molecule has 0 aliphatic carbocycles. The third kappa shape index (κ3) is 7.41. The van der Waals surface area contributed by atoms with Gasteiger partial charge in [0.05, 0.1) is 37.2 Å². The number of nitrogens with one attached hydrogen (secondary N) is 4. The maximum atomic E-state index is 12.4. The van der Waals surface area contributed by atoms with Crippen molar-refractivity contribution in [1.82, 2.24) is 16.1 Å². The summed E-state index contributed by atoms with van der Waals surface area (Å²) in [6.07, 6.45) is 0.533. The lowest BCUT2D eigenvalue weighted by atomic mass is 9.95. The van der Waals surface area contributed by atoms with E-state index in [4.69, 9.17) is 14.2 Å². The zero-order chi connectivity index (χ0) is 27.8. The van der Waals surface area contributed by atoms with Gasteiger partial charge in [0, 0.05) is 19.9 Å². The number of hydrogen-bond acceptors (Lipinski definition) is 9. The van der Waals surface area contributed by atoms with E-state index in [1.165, 1.54) is 7.11 Å². The van der Waals surface area contributed by atoms with E-state index in [-0.39, 0.29) is 12.2 Å². The average Bonchev–Trinajstić information content (AvgIpc) is 2.87. The zero-order valence-corrected chi connectivity index (χ0v) is 25.5. The molecule has 0 unspecified atom stereocenters. The lowest BCUT2D eigenvalue weighted by Crippen LogP contribution is -2.45. The van der Waals surface area contributed by atoms with Crippen molar-refractivity contribution in [1.29, 1.82) is 0 Å². The molecule has 1 aliphatic heterocycles. The van der Waals surface area contributed by atoms with Gasteiger partial charge in [0.2, 0.25) is 0 Å². The second-order valence-corrected chi connectivity index (χ2v) is 10.3. The summed E-state index contributed by atoms with van der Waals surface area (Å²) in [5, 5.41) is 22.9. The van der Waals surface area contributed by atoms with Crippen LogP contribution in [-0.4, -0.2) is 56.9 Å². The molecule has 38 heavy (non-hydrogen) atoms. The number of nitrogens with zero attached hydrogens (tertiary/aromatic N) is 1. The molecule has 1 aliphatic rings. The lowest BCUT2D eigenvalue weighted by molar-refractivity contribution is -0.136. The van der Waals surface area contributed by atoms with Gasteiger partial charge in [-0.3, -0.25) is 5.43 Å². The SMILES string of the molecule is CCOc1cc([C@H]2NC(=O)NC(C)=C2C(=O)OC)ccc1OC[C@H](O)N/N=C\c1cc(I)c(NC)c(I)c1. The Hall–Kier alpha value is -2.79. The topological polar surface area (TPSA) is 143 Å². The molecule has 0 saturated carbocycles. The van der Waals surface area contributed by atoms with Gasteiger partial charge in [-0.05, 0) is 94.4 Å². The van der Waals surface area contributed by atoms with Crippen LogP contribution >= 0.6 is 45.2 Å². The van der Waals surface area contributed by atoms with Gasteiger partial charge in [-0.1, -0.05) is 6.07 Å². The van der Waals surface area contributed by atoms with E-state index in [2.05, 4.69) is 71.7 Å². The molecule has 3 rings (SSSR count). The van der Waals surface area contributed by atoms with Crippen molar-refractivity contribution in [2.75, 3.05) is 32.7 Å². The molecule has 13 heteroatoms. The van der Waals surface area contributed by atoms with Crippen molar-refractivity contribution in [2.45, 2.75) is 26.1 Å². The number of hydrazone groups is 1. The summed E-state index contributed by atoms with van der Waals surface area (Å²) in [6, 6.07) is 7.83. The van der Waals surface area contributed by atoms with Gasteiger partial charge >= 0.3 is 12.0 Å². The van der Waals surface area contributed by atoms with E-state index in [0.29, 0.717) is 29.4 Å².